The Bertz CT molecular complexity index is 448. The van der Waals surface area contributed by atoms with Crippen LogP contribution in [-0.4, -0.2) is 7.11 Å². The maximum atomic E-state index is 5.43. The van der Waals surface area contributed by atoms with Crippen LogP contribution in [-0.2, 0) is 6.54 Å². The molecule has 0 saturated carbocycles. The highest BCUT2D eigenvalue weighted by Gasteiger charge is 2.10. The lowest BCUT2D eigenvalue weighted by molar-refractivity contribution is 0.402. The molecule has 2 rings (SSSR count). The summed E-state index contributed by atoms with van der Waals surface area (Å²) in [4.78, 5) is 0. The summed E-state index contributed by atoms with van der Waals surface area (Å²) in [6.07, 6.45) is 2.72. The Kier molecular flexibility index (Phi) is 4.42. The number of hydrogen-bond donors (Lipinski definition) is 1. The van der Waals surface area contributed by atoms with Gasteiger partial charge in [-0.1, -0.05) is 19.1 Å². The van der Waals surface area contributed by atoms with Gasteiger partial charge < -0.3 is 14.5 Å². The van der Waals surface area contributed by atoms with E-state index in [-0.39, 0.29) is 6.04 Å². The Morgan fingerprint density at radius 3 is 2.56 bits per heavy atom. The lowest BCUT2D eigenvalue weighted by Gasteiger charge is -2.14. The average Bonchev–Trinajstić information content (AvgIpc) is 2.94. The van der Waals surface area contributed by atoms with E-state index in [1.54, 1.807) is 13.4 Å². The van der Waals surface area contributed by atoms with Crippen molar-refractivity contribution in [1.29, 1.82) is 0 Å². The topological polar surface area (TPSA) is 34.4 Å². The number of benzene rings is 1. The minimum absolute atomic E-state index is 0.266. The van der Waals surface area contributed by atoms with Gasteiger partial charge in [0.1, 0.15) is 11.5 Å². The number of methoxy groups -OCH3 is 1. The second-order valence-electron chi connectivity index (χ2n) is 4.21. The molecule has 3 heteroatoms. The quantitative estimate of drug-likeness (QED) is 0.845. The van der Waals surface area contributed by atoms with E-state index in [1.165, 1.54) is 5.56 Å². The summed E-state index contributed by atoms with van der Waals surface area (Å²) in [5.74, 6) is 1.88. The summed E-state index contributed by atoms with van der Waals surface area (Å²) in [5, 5.41) is 3.49. The predicted molar refractivity (Wildman–Crippen MR) is 71.6 cm³/mol. The largest absolute Gasteiger partial charge is 0.497 e. The Labute approximate surface area is 108 Å². The molecule has 1 unspecified atom stereocenters. The lowest BCUT2D eigenvalue weighted by atomic mass is 10.1. The van der Waals surface area contributed by atoms with Gasteiger partial charge in [0.25, 0.3) is 0 Å². The van der Waals surface area contributed by atoms with Crippen molar-refractivity contribution in [2.24, 2.45) is 0 Å². The SMILES string of the molecule is CCC(NCc1ccc(OC)cc1)c1ccco1. The molecule has 0 fully saturated rings. The van der Waals surface area contributed by atoms with Gasteiger partial charge in [-0.3, -0.25) is 0 Å². The summed E-state index contributed by atoms with van der Waals surface area (Å²) in [6, 6.07) is 12.3. The molecule has 0 radical (unpaired) electrons. The normalized spacial score (nSPS) is 12.3. The van der Waals surface area contributed by atoms with Gasteiger partial charge in [-0.25, -0.2) is 0 Å². The number of furan rings is 1. The van der Waals surface area contributed by atoms with Crippen molar-refractivity contribution < 1.29 is 9.15 Å². The minimum atomic E-state index is 0.266. The lowest BCUT2D eigenvalue weighted by Crippen LogP contribution is -2.19. The van der Waals surface area contributed by atoms with Crippen molar-refractivity contribution in [1.82, 2.24) is 5.32 Å². The molecule has 1 aromatic heterocycles. The molecule has 0 aliphatic heterocycles. The molecule has 1 heterocycles. The first-order valence-corrected chi connectivity index (χ1v) is 6.23. The van der Waals surface area contributed by atoms with E-state index in [1.807, 2.05) is 24.3 Å². The first-order valence-electron chi connectivity index (χ1n) is 6.23. The predicted octanol–water partition coefficient (Wildman–Crippen LogP) is 3.53. The second kappa shape index (κ2) is 6.26. The first-order chi connectivity index (χ1) is 8.83. The van der Waals surface area contributed by atoms with Crippen LogP contribution in [0.2, 0.25) is 0 Å². The van der Waals surface area contributed by atoms with E-state index in [4.69, 9.17) is 9.15 Å². The summed E-state index contributed by atoms with van der Waals surface area (Å²) in [5.41, 5.74) is 1.24. The van der Waals surface area contributed by atoms with Crippen LogP contribution in [0, 0.1) is 0 Å². The maximum absolute atomic E-state index is 5.43. The van der Waals surface area contributed by atoms with Crippen LogP contribution in [0.5, 0.6) is 5.75 Å². The number of hydrogen-bond acceptors (Lipinski definition) is 3. The maximum Gasteiger partial charge on any atom is 0.120 e. The van der Waals surface area contributed by atoms with Gasteiger partial charge in [0.2, 0.25) is 0 Å². The highest BCUT2D eigenvalue weighted by Crippen LogP contribution is 2.18. The fourth-order valence-corrected chi connectivity index (χ4v) is 1.92. The van der Waals surface area contributed by atoms with Gasteiger partial charge in [0, 0.05) is 6.54 Å². The van der Waals surface area contributed by atoms with Gasteiger partial charge in [0.05, 0.1) is 19.4 Å². The van der Waals surface area contributed by atoms with E-state index >= 15 is 0 Å². The smallest absolute Gasteiger partial charge is 0.120 e. The monoisotopic (exact) mass is 245 g/mol. The van der Waals surface area contributed by atoms with E-state index in [9.17, 15) is 0 Å². The molecule has 0 bridgehead atoms. The Hall–Kier alpha value is -1.74. The van der Waals surface area contributed by atoms with E-state index in [0.29, 0.717) is 0 Å². The zero-order valence-corrected chi connectivity index (χ0v) is 10.8. The number of nitrogens with one attached hydrogen (secondary N) is 1. The van der Waals surface area contributed by atoms with Crippen LogP contribution in [0.25, 0.3) is 0 Å². The Morgan fingerprint density at radius 2 is 2.00 bits per heavy atom. The zero-order valence-electron chi connectivity index (χ0n) is 10.8. The molecular weight excluding hydrogens is 226 g/mol. The average molecular weight is 245 g/mol. The zero-order chi connectivity index (χ0) is 12.8. The Balaban J connectivity index is 1.93. The minimum Gasteiger partial charge on any atom is -0.497 e. The molecule has 0 saturated heterocycles. The number of rotatable bonds is 6. The summed E-state index contributed by atoms with van der Waals surface area (Å²) in [6.45, 7) is 2.97. The molecule has 18 heavy (non-hydrogen) atoms. The molecule has 3 nitrogen and oxygen atoms in total. The summed E-state index contributed by atoms with van der Waals surface area (Å²) >= 11 is 0. The molecule has 0 spiro atoms. The van der Waals surface area contributed by atoms with Crippen molar-refractivity contribution in [3.05, 3.63) is 54.0 Å². The van der Waals surface area contributed by atoms with Gasteiger partial charge >= 0.3 is 0 Å². The number of ether oxygens (including phenoxy) is 1. The van der Waals surface area contributed by atoms with Crippen LogP contribution in [0.1, 0.15) is 30.7 Å². The van der Waals surface area contributed by atoms with Crippen LogP contribution >= 0.6 is 0 Å². The highest BCUT2D eigenvalue weighted by atomic mass is 16.5. The third-order valence-corrected chi connectivity index (χ3v) is 3.01. The van der Waals surface area contributed by atoms with Crippen molar-refractivity contribution in [2.45, 2.75) is 25.9 Å². The first kappa shape index (κ1) is 12.7. The van der Waals surface area contributed by atoms with Crippen LogP contribution in [0.3, 0.4) is 0 Å². The van der Waals surface area contributed by atoms with E-state index in [2.05, 4.69) is 24.4 Å². The molecule has 96 valence electrons. The molecule has 1 atom stereocenters. The third-order valence-electron chi connectivity index (χ3n) is 3.01. The summed E-state index contributed by atoms with van der Waals surface area (Å²) in [7, 11) is 1.68. The molecule has 1 N–H and O–H groups in total. The van der Waals surface area contributed by atoms with Gasteiger partial charge in [-0.2, -0.15) is 0 Å². The molecule has 0 aliphatic carbocycles. The standard InChI is InChI=1S/C15H19NO2/c1-3-14(15-5-4-10-18-15)16-11-12-6-8-13(17-2)9-7-12/h4-10,14,16H,3,11H2,1-2H3. The summed E-state index contributed by atoms with van der Waals surface area (Å²) < 4.78 is 10.6. The molecule has 0 aliphatic rings. The molecular formula is C15H19NO2. The van der Waals surface area contributed by atoms with E-state index in [0.717, 1.165) is 24.5 Å². The fourth-order valence-electron chi connectivity index (χ4n) is 1.92. The van der Waals surface area contributed by atoms with Gasteiger partial charge in [0.15, 0.2) is 0 Å². The fraction of sp³-hybridized carbons (Fsp3) is 0.333. The van der Waals surface area contributed by atoms with Crippen molar-refractivity contribution >= 4 is 0 Å². The van der Waals surface area contributed by atoms with Crippen molar-refractivity contribution in [3.8, 4) is 5.75 Å². The second-order valence-corrected chi connectivity index (χ2v) is 4.21. The van der Waals surface area contributed by atoms with Crippen LogP contribution in [0.15, 0.2) is 47.1 Å². The Morgan fingerprint density at radius 1 is 1.22 bits per heavy atom. The molecule has 2 aromatic rings. The molecule has 1 aromatic carbocycles. The highest BCUT2D eigenvalue weighted by molar-refractivity contribution is 5.27. The van der Waals surface area contributed by atoms with Crippen LogP contribution in [0.4, 0.5) is 0 Å². The van der Waals surface area contributed by atoms with Crippen molar-refractivity contribution in [3.63, 3.8) is 0 Å². The molecule has 0 amide bonds. The van der Waals surface area contributed by atoms with Crippen molar-refractivity contribution in [2.75, 3.05) is 7.11 Å². The van der Waals surface area contributed by atoms with Crippen LogP contribution < -0.4 is 10.1 Å². The third kappa shape index (κ3) is 3.14. The van der Waals surface area contributed by atoms with Gasteiger partial charge in [-0.15, -0.1) is 0 Å². The van der Waals surface area contributed by atoms with Gasteiger partial charge in [-0.05, 0) is 36.2 Å². The van der Waals surface area contributed by atoms with E-state index < -0.39 is 0 Å².